The standard InChI is InChI=1S/C20H23Cl2N5O4/c1-12-10-16(25-31-12)24-17(28)11-26-6-8-27(9-7-26)20(30)13(2)23-19(29)14-4-3-5-15(21)18(14)22/h3-5,10,13H,6-9,11H2,1-2H3,(H,23,29)(H,24,25,28). The number of carbonyl (C=O) groups is 3. The number of rotatable bonds is 6. The van der Waals surface area contributed by atoms with E-state index >= 15 is 0 Å². The number of nitrogens with zero attached hydrogens (tertiary/aromatic N) is 3. The van der Waals surface area contributed by atoms with Crippen LogP contribution in [0.5, 0.6) is 0 Å². The Hall–Kier alpha value is -2.62. The van der Waals surface area contributed by atoms with Crippen molar-refractivity contribution in [3.8, 4) is 0 Å². The van der Waals surface area contributed by atoms with Crippen LogP contribution in [-0.2, 0) is 9.59 Å². The van der Waals surface area contributed by atoms with Crippen molar-refractivity contribution in [3.63, 3.8) is 0 Å². The molecule has 3 amide bonds. The van der Waals surface area contributed by atoms with Crippen molar-refractivity contribution in [2.45, 2.75) is 19.9 Å². The van der Waals surface area contributed by atoms with Gasteiger partial charge in [0.1, 0.15) is 11.8 Å². The first kappa shape index (κ1) is 23.1. The number of halogens is 2. The molecule has 1 aliphatic heterocycles. The van der Waals surface area contributed by atoms with Crippen molar-refractivity contribution < 1.29 is 18.9 Å². The summed E-state index contributed by atoms with van der Waals surface area (Å²) in [5, 5.41) is 9.49. The van der Waals surface area contributed by atoms with E-state index in [1.54, 1.807) is 43.0 Å². The van der Waals surface area contributed by atoms with Gasteiger partial charge >= 0.3 is 0 Å². The fourth-order valence-electron chi connectivity index (χ4n) is 3.23. The molecule has 0 aliphatic carbocycles. The molecule has 0 radical (unpaired) electrons. The maximum absolute atomic E-state index is 12.7. The summed E-state index contributed by atoms with van der Waals surface area (Å²) in [4.78, 5) is 40.9. The molecular weight excluding hydrogens is 445 g/mol. The van der Waals surface area contributed by atoms with Crippen LogP contribution in [0.4, 0.5) is 5.82 Å². The summed E-state index contributed by atoms with van der Waals surface area (Å²) in [7, 11) is 0. The summed E-state index contributed by atoms with van der Waals surface area (Å²) in [6, 6.07) is 5.66. The third kappa shape index (κ3) is 5.96. The zero-order valence-corrected chi connectivity index (χ0v) is 18.7. The fraction of sp³-hybridized carbons (Fsp3) is 0.400. The lowest BCUT2D eigenvalue weighted by atomic mass is 10.2. The molecule has 166 valence electrons. The largest absolute Gasteiger partial charge is 0.360 e. The van der Waals surface area contributed by atoms with E-state index in [4.69, 9.17) is 27.7 Å². The number of amides is 3. The summed E-state index contributed by atoms with van der Waals surface area (Å²) in [6.45, 7) is 5.54. The van der Waals surface area contributed by atoms with E-state index in [9.17, 15) is 14.4 Å². The second-order valence-electron chi connectivity index (χ2n) is 7.27. The summed E-state index contributed by atoms with van der Waals surface area (Å²) >= 11 is 12.0. The van der Waals surface area contributed by atoms with E-state index in [0.717, 1.165) is 0 Å². The average Bonchev–Trinajstić information content (AvgIpc) is 3.14. The van der Waals surface area contributed by atoms with Crippen molar-refractivity contribution in [1.29, 1.82) is 0 Å². The molecule has 1 aliphatic rings. The molecule has 1 aromatic heterocycles. The van der Waals surface area contributed by atoms with Crippen molar-refractivity contribution in [1.82, 2.24) is 20.3 Å². The van der Waals surface area contributed by atoms with Gasteiger partial charge in [-0.15, -0.1) is 0 Å². The molecule has 0 spiro atoms. The fourth-order valence-corrected chi connectivity index (χ4v) is 3.61. The third-order valence-electron chi connectivity index (χ3n) is 4.86. The van der Waals surface area contributed by atoms with Crippen LogP contribution in [-0.4, -0.2) is 71.4 Å². The van der Waals surface area contributed by atoms with Gasteiger partial charge in [-0.2, -0.15) is 0 Å². The Bertz CT molecular complexity index is 972. The van der Waals surface area contributed by atoms with Gasteiger partial charge in [-0.25, -0.2) is 0 Å². The highest BCUT2D eigenvalue weighted by Gasteiger charge is 2.27. The highest BCUT2D eigenvalue weighted by atomic mass is 35.5. The van der Waals surface area contributed by atoms with E-state index < -0.39 is 11.9 Å². The summed E-state index contributed by atoms with van der Waals surface area (Å²) in [5.41, 5.74) is 0.215. The van der Waals surface area contributed by atoms with Crippen LogP contribution in [0.25, 0.3) is 0 Å². The Labute approximate surface area is 189 Å². The minimum Gasteiger partial charge on any atom is -0.360 e. The predicted octanol–water partition coefficient (Wildman–Crippen LogP) is 2.19. The monoisotopic (exact) mass is 467 g/mol. The number of anilines is 1. The van der Waals surface area contributed by atoms with Gasteiger partial charge in [0, 0.05) is 32.2 Å². The van der Waals surface area contributed by atoms with Crippen LogP contribution < -0.4 is 10.6 Å². The maximum Gasteiger partial charge on any atom is 0.253 e. The Morgan fingerprint density at radius 2 is 1.90 bits per heavy atom. The van der Waals surface area contributed by atoms with Gasteiger partial charge in [0.2, 0.25) is 11.8 Å². The molecule has 2 N–H and O–H groups in total. The van der Waals surface area contributed by atoms with Gasteiger partial charge in [0.25, 0.3) is 5.91 Å². The molecule has 0 saturated carbocycles. The Morgan fingerprint density at radius 3 is 2.55 bits per heavy atom. The molecule has 3 rings (SSSR count). The van der Waals surface area contributed by atoms with Crippen LogP contribution in [0.2, 0.25) is 10.0 Å². The highest BCUT2D eigenvalue weighted by molar-refractivity contribution is 6.43. The van der Waals surface area contributed by atoms with Crippen LogP contribution in [0.3, 0.4) is 0 Å². The lowest BCUT2D eigenvalue weighted by Gasteiger charge is -2.35. The van der Waals surface area contributed by atoms with Crippen molar-refractivity contribution in [2.24, 2.45) is 0 Å². The predicted molar refractivity (Wildman–Crippen MR) is 116 cm³/mol. The second-order valence-corrected chi connectivity index (χ2v) is 8.05. The van der Waals surface area contributed by atoms with E-state index in [1.165, 1.54) is 0 Å². The quantitative estimate of drug-likeness (QED) is 0.673. The van der Waals surface area contributed by atoms with Gasteiger partial charge in [-0.3, -0.25) is 19.3 Å². The minimum absolute atomic E-state index is 0.147. The van der Waals surface area contributed by atoms with E-state index in [-0.39, 0.29) is 34.0 Å². The summed E-state index contributed by atoms with van der Waals surface area (Å²) in [5.74, 6) is 0.120. The molecule has 31 heavy (non-hydrogen) atoms. The molecule has 1 unspecified atom stereocenters. The van der Waals surface area contributed by atoms with Gasteiger partial charge in [0.15, 0.2) is 5.82 Å². The maximum atomic E-state index is 12.7. The number of aromatic nitrogens is 1. The average molecular weight is 468 g/mol. The van der Waals surface area contributed by atoms with Gasteiger partial charge < -0.3 is 20.1 Å². The Kier molecular flexibility index (Phi) is 7.53. The van der Waals surface area contributed by atoms with Crippen LogP contribution in [0.1, 0.15) is 23.0 Å². The van der Waals surface area contributed by atoms with Crippen molar-refractivity contribution in [3.05, 3.63) is 45.6 Å². The molecule has 1 atom stereocenters. The van der Waals surface area contributed by atoms with E-state index in [2.05, 4.69) is 15.8 Å². The van der Waals surface area contributed by atoms with Crippen LogP contribution in [0, 0.1) is 6.92 Å². The molecule has 2 aromatic rings. The topological polar surface area (TPSA) is 108 Å². The lowest BCUT2D eigenvalue weighted by molar-refractivity contribution is -0.134. The number of piperazine rings is 1. The van der Waals surface area contributed by atoms with Crippen molar-refractivity contribution in [2.75, 3.05) is 38.0 Å². The molecule has 2 heterocycles. The molecule has 1 aromatic carbocycles. The SMILES string of the molecule is Cc1cc(NC(=O)CN2CCN(C(=O)C(C)NC(=O)c3cccc(Cl)c3Cl)CC2)no1. The molecule has 1 fully saturated rings. The van der Waals surface area contributed by atoms with Gasteiger partial charge in [0.05, 0.1) is 22.2 Å². The number of nitrogens with one attached hydrogen (secondary N) is 2. The lowest BCUT2D eigenvalue weighted by Crippen LogP contribution is -2.55. The summed E-state index contributed by atoms with van der Waals surface area (Å²) < 4.78 is 4.92. The third-order valence-corrected chi connectivity index (χ3v) is 5.68. The molecular formula is C20H23Cl2N5O4. The normalized spacial score (nSPS) is 15.4. The second kappa shape index (κ2) is 10.1. The van der Waals surface area contributed by atoms with Gasteiger partial charge in [-0.05, 0) is 26.0 Å². The molecule has 0 bridgehead atoms. The minimum atomic E-state index is -0.729. The summed E-state index contributed by atoms with van der Waals surface area (Å²) in [6.07, 6.45) is 0. The van der Waals surface area contributed by atoms with Crippen molar-refractivity contribution >= 4 is 46.7 Å². The van der Waals surface area contributed by atoms with Gasteiger partial charge in [-0.1, -0.05) is 34.4 Å². The number of hydrogen-bond acceptors (Lipinski definition) is 6. The number of benzene rings is 1. The first-order chi connectivity index (χ1) is 14.7. The molecule has 1 saturated heterocycles. The Balaban J connectivity index is 1.46. The first-order valence-electron chi connectivity index (χ1n) is 9.74. The van der Waals surface area contributed by atoms with E-state index in [1.807, 2.05) is 4.90 Å². The number of carbonyl (C=O) groups excluding carboxylic acids is 3. The number of aryl methyl sites for hydroxylation is 1. The number of hydrogen-bond donors (Lipinski definition) is 2. The zero-order valence-electron chi connectivity index (χ0n) is 17.2. The molecule has 11 heteroatoms. The highest BCUT2D eigenvalue weighted by Crippen LogP contribution is 2.25. The molecule has 9 nitrogen and oxygen atoms in total. The van der Waals surface area contributed by atoms with Crippen LogP contribution in [0.15, 0.2) is 28.8 Å². The first-order valence-corrected chi connectivity index (χ1v) is 10.5. The Morgan fingerprint density at radius 1 is 1.19 bits per heavy atom. The zero-order chi connectivity index (χ0) is 22.5. The van der Waals surface area contributed by atoms with E-state index in [0.29, 0.717) is 37.8 Å². The smallest absolute Gasteiger partial charge is 0.253 e. The van der Waals surface area contributed by atoms with Crippen LogP contribution >= 0.6 is 23.2 Å².